The molecule has 38 heavy (non-hydrogen) atoms. The first-order valence-electron chi connectivity index (χ1n) is 12.3. The molecule has 0 bridgehead atoms. The van der Waals surface area contributed by atoms with E-state index in [-0.39, 0.29) is 17.9 Å². The van der Waals surface area contributed by atoms with E-state index < -0.39 is 17.4 Å². The highest BCUT2D eigenvalue weighted by atomic mass is 19.1. The Balaban J connectivity index is 1.47. The van der Waals surface area contributed by atoms with Crippen LogP contribution in [0.25, 0.3) is 11.5 Å². The molecule has 2 heterocycles. The topological polar surface area (TPSA) is 89.7 Å². The van der Waals surface area contributed by atoms with Crippen LogP contribution in [0.1, 0.15) is 53.6 Å². The molecule has 0 saturated carbocycles. The molecule has 190 valence electrons. The van der Waals surface area contributed by atoms with Crippen molar-refractivity contribution in [1.29, 1.82) is 10.5 Å². The SMILES string of the molecule is CC(C)(F)C(c1cc(F)cc(-c2nnco2)c1)C1CN(C(c2ccc(C#N)cc2)c2cccc(C#N)c2)C1. The fourth-order valence-corrected chi connectivity index (χ4v) is 5.55. The lowest BCUT2D eigenvalue weighted by atomic mass is 9.72. The van der Waals surface area contributed by atoms with E-state index >= 15 is 4.39 Å². The summed E-state index contributed by atoms with van der Waals surface area (Å²) in [6, 6.07) is 23.3. The number of hydrogen-bond donors (Lipinski definition) is 0. The summed E-state index contributed by atoms with van der Waals surface area (Å²) in [5, 5.41) is 26.2. The summed E-state index contributed by atoms with van der Waals surface area (Å²) in [5.41, 5.74) is 2.34. The lowest BCUT2D eigenvalue weighted by Crippen LogP contribution is -2.53. The van der Waals surface area contributed by atoms with Crippen molar-refractivity contribution in [1.82, 2.24) is 15.1 Å². The fraction of sp³-hybridized carbons (Fsp3) is 0.267. The average Bonchev–Trinajstić information content (AvgIpc) is 3.42. The molecule has 3 aromatic carbocycles. The molecule has 1 aliphatic rings. The van der Waals surface area contributed by atoms with Gasteiger partial charge in [-0.1, -0.05) is 24.3 Å². The normalized spacial score (nSPS) is 15.7. The highest BCUT2D eigenvalue weighted by Crippen LogP contribution is 2.46. The molecule has 0 amide bonds. The molecule has 2 atom stereocenters. The maximum absolute atomic E-state index is 15.7. The zero-order chi connectivity index (χ0) is 26.9. The van der Waals surface area contributed by atoms with Gasteiger partial charge in [0.25, 0.3) is 0 Å². The molecule has 8 heteroatoms. The highest BCUT2D eigenvalue weighted by molar-refractivity contribution is 5.55. The lowest BCUT2D eigenvalue weighted by molar-refractivity contribution is 0.00814. The van der Waals surface area contributed by atoms with Gasteiger partial charge >= 0.3 is 0 Å². The second-order valence-electron chi connectivity index (χ2n) is 10.1. The van der Waals surface area contributed by atoms with Crippen LogP contribution in [0.2, 0.25) is 0 Å². The largest absolute Gasteiger partial charge is 0.423 e. The van der Waals surface area contributed by atoms with Crippen molar-refractivity contribution in [2.45, 2.75) is 31.5 Å². The Morgan fingerprint density at radius 2 is 1.68 bits per heavy atom. The molecule has 1 saturated heterocycles. The summed E-state index contributed by atoms with van der Waals surface area (Å²) in [4.78, 5) is 2.22. The Bertz CT molecular complexity index is 1510. The Morgan fingerprint density at radius 1 is 0.947 bits per heavy atom. The molecule has 5 rings (SSSR count). The van der Waals surface area contributed by atoms with Crippen molar-refractivity contribution < 1.29 is 13.2 Å². The third-order valence-electron chi connectivity index (χ3n) is 7.09. The molecule has 1 aliphatic heterocycles. The third-order valence-corrected chi connectivity index (χ3v) is 7.09. The number of likely N-dealkylation sites (tertiary alicyclic amines) is 1. The van der Waals surface area contributed by atoms with Gasteiger partial charge in [-0.3, -0.25) is 4.90 Å². The van der Waals surface area contributed by atoms with Crippen molar-refractivity contribution in [2.24, 2.45) is 5.92 Å². The monoisotopic (exact) mass is 509 g/mol. The van der Waals surface area contributed by atoms with Gasteiger partial charge in [-0.15, -0.1) is 10.2 Å². The number of aromatic nitrogens is 2. The summed E-state index contributed by atoms with van der Waals surface area (Å²) in [6.45, 7) is 4.16. The summed E-state index contributed by atoms with van der Waals surface area (Å²) in [7, 11) is 0. The average molecular weight is 510 g/mol. The Morgan fingerprint density at radius 3 is 2.32 bits per heavy atom. The number of alkyl halides is 1. The molecule has 0 spiro atoms. The van der Waals surface area contributed by atoms with Crippen molar-refractivity contribution in [2.75, 3.05) is 13.1 Å². The molecule has 6 nitrogen and oxygen atoms in total. The van der Waals surface area contributed by atoms with Gasteiger partial charge in [0.1, 0.15) is 11.5 Å². The van der Waals surface area contributed by atoms with E-state index in [0.717, 1.165) is 11.1 Å². The highest BCUT2D eigenvalue weighted by Gasteiger charge is 2.45. The van der Waals surface area contributed by atoms with Crippen LogP contribution in [0.4, 0.5) is 8.78 Å². The number of hydrogen-bond acceptors (Lipinski definition) is 6. The van der Waals surface area contributed by atoms with Gasteiger partial charge in [-0.2, -0.15) is 10.5 Å². The lowest BCUT2D eigenvalue weighted by Gasteiger charge is -2.50. The van der Waals surface area contributed by atoms with Gasteiger partial charge in [0, 0.05) is 24.6 Å². The molecule has 0 radical (unpaired) electrons. The molecular weight excluding hydrogens is 484 g/mol. The molecule has 2 unspecified atom stereocenters. The number of nitrogens with zero attached hydrogens (tertiary/aromatic N) is 5. The molecule has 0 aliphatic carbocycles. The molecular formula is C30H25F2N5O. The van der Waals surface area contributed by atoms with E-state index in [1.807, 2.05) is 30.3 Å². The number of nitriles is 2. The Labute approximate surface area is 219 Å². The summed E-state index contributed by atoms with van der Waals surface area (Å²) in [6.07, 6.45) is 1.17. The van der Waals surface area contributed by atoms with Gasteiger partial charge in [0.05, 0.1) is 29.3 Å². The van der Waals surface area contributed by atoms with Gasteiger partial charge in [-0.05, 0) is 78.9 Å². The van der Waals surface area contributed by atoms with Crippen LogP contribution in [0.15, 0.2) is 77.5 Å². The maximum atomic E-state index is 15.7. The molecule has 4 aromatic rings. The fourth-order valence-electron chi connectivity index (χ4n) is 5.55. The Kier molecular flexibility index (Phi) is 6.75. The van der Waals surface area contributed by atoms with E-state index in [9.17, 15) is 14.9 Å². The predicted molar refractivity (Wildman–Crippen MR) is 137 cm³/mol. The summed E-state index contributed by atoms with van der Waals surface area (Å²) < 4.78 is 35.6. The second kappa shape index (κ2) is 10.2. The van der Waals surface area contributed by atoms with Crippen LogP contribution in [-0.4, -0.2) is 33.9 Å². The van der Waals surface area contributed by atoms with Crippen LogP contribution < -0.4 is 0 Å². The van der Waals surface area contributed by atoms with Gasteiger partial charge < -0.3 is 4.42 Å². The van der Waals surface area contributed by atoms with Crippen LogP contribution in [-0.2, 0) is 0 Å². The van der Waals surface area contributed by atoms with Crippen molar-refractivity contribution in [3.8, 4) is 23.6 Å². The number of halogens is 2. The zero-order valence-corrected chi connectivity index (χ0v) is 21.0. The summed E-state index contributed by atoms with van der Waals surface area (Å²) in [5.74, 6) is -0.991. The number of benzene rings is 3. The predicted octanol–water partition coefficient (Wildman–Crippen LogP) is 6.17. The van der Waals surface area contributed by atoms with E-state index in [4.69, 9.17) is 4.42 Å². The first-order chi connectivity index (χ1) is 18.3. The van der Waals surface area contributed by atoms with Crippen molar-refractivity contribution in [3.05, 3.63) is 107 Å². The van der Waals surface area contributed by atoms with E-state index in [1.54, 1.807) is 24.3 Å². The quantitative estimate of drug-likeness (QED) is 0.296. The van der Waals surface area contributed by atoms with Crippen molar-refractivity contribution >= 4 is 0 Å². The summed E-state index contributed by atoms with van der Waals surface area (Å²) >= 11 is 0. The minimum Gasteiger partial charge on any atom is -0.423 e. The number of rotatable bonds is 7. The Hall–Kier alpha value is -4.40. The van der Waals surface area contributed by atoms with Crippen LogP contribution in [0, 0.1) is 34.4 Å². The van der Waals surface area contributed by atoms with Gasteiger partial charge in [0.2, 0.25) is 12.3 Å². The second-order valence-corrected chi connectivity index (χ2v) is 10.1. The minimum atomic E-state index is -1.62. The smallest absolute Gasteiger partial charge is 0.247 e. The van der Waals surface area contributed by atoms with E-state index in [1.165, 1.54) is 32.4 Å². The molecule has 0 N–H and O–H groups in total. The first-order valence-corrected chi connectivity index (χ1v) is 12.3. The standard InChI is InChI=1S/C30H25F2N5O/c1-30(2,32)27(23-11-24(13-26(31)12-23)29-36-35-18-38-29)25-16-37(17-25)28(21-8-6-19(14-33)7-9-21)22-5-3-4-20(10-22)15-34/h3-13,18,25,27-28H,16-17H2,1-2H3. The maximum Gasteiger partial charge on any atom is 0.247 e. The first kappa shape index (κ1) is 25.3. The zero-order valence-electron chi connectivity index (χ0n) is 21.0. The van der Waals surface area contributed by atoms with Gasteiger partial charge in [0.15, 0.2) is 0 Å². The minimum absolute atomic E-state index is 0.0904. The van der Waals surface area contributed by atoms with Crippen molar-refractivity contribution in [3.63, 3.8) is 0 Å². The van der Waals surface area contributed by atoms with Gasteiger partial charge in [-0.25, -0.2) is 8.78 Å². The van der Waals surface area contributed by atoms with Crippen LogP contribution in [0.5, 0.6) is 0 Å². The van der Waals surface area contributed by atoms with Crippen LogP contribution >= 0.6 is 0 Å². The van der Waals surface area contributed by atoms with E-state index in [2.05, 4.69) is 27.2 Å². The van der Waals surface area contributed by atoms with Crippen LogP contribution in [0.3, 0.4) is 0 Å². The third kappa shape index (κ3) is 5.04. The van der Waals surface area contributed by atoms with E-state index in [0.29, 0.717) is 35.3 Å². The molecule has 1 fully saturated rings. The molecule has 1 aromatic heterocycles.